The van der Waals surface area contributed by atoms with Gasteiger partial charge >= 0.3 is 5.97 Å². The van der Waals surface area contributed by atoms with Gasteiger partial charge in [-0.05, 0) is 49.4 Å². The molecule has 2 bridgehead atoms. The summed E-state index contributed by atoms with van der Waals surface area (Å²) in [7, 11) is 0. The predicted octanol–water partition coefficient (Wildman–Crippen LogP) is 2.35. The predicted molar refractivity (Wildman–Crippen MR) is 80.4 cm³/mol. The maximum absolute atomic E-state index is 12.5. The molecule has 2 aliphatic rings. The van der Waals surface area contributed by atoms with Crippen LogP contribution in [0.1, 0.15) is 23.7 Å². The van der Waals surface area contributed by atoms with E-state index in [-0.39, 0.29) is 23.5 Å². The van der Waals surface area contributed by atoms with E-state index in [2.05, 4.69) is 5.32 Å². The van der Waals surface area contributed by atoms with Crippen LogP contribution in [0.15, 0.2) is 36.4 Å². The lowest BCUT2D eigenvalue weighted by Gasteiger charge is -2.23. The number of carboxylic acid groups (broad SMARTS) is 1. The van der Waals surface area contributed by atoms with Crippen molar-refractivity contribution in [3.8, 4) is 0 Å². The Balaban J connectivity index is 1.75. The quantitative estimate of drug-likeness (QED) is 0.660. The van der Waals surface area contributed by atoms with Crippen molar-refractivity contribution in [2.24, 2.45) is 23.7 Å². The number of hydrogen-bond acceptors (Lipinski definition) is 3. The van der Waals surface area contributed by atoms with Crippen LogP contribution in [0.4, 0.5) is 5.69 Å². The minimum Gasteiger partial charge on any atom is -0.481 e. The molecule has 1 aromatic rings. The molecule has 114 valence electrons. The molecule has 1 fully saturated rings. The summed E-state index contributed by atoms with van der Waals surface area (Å²) in [6, 6.07) is 6.61. The van der Waals surface area contributed by atoms with E-state index in [0.717, 1.165) is 6.42 Å². The van der Waals surface area contributed by atoms with Crippen LogP contribution in [0.3, 0.4) is 0 Å². The van der Waals surface area contributed by atoms with Crippen LogP contribution in [-0.2, 0) is 9.59 Å². The van der Waals surface area contributed by atoms with Gasteiger partial charge in [-0.15, -0.1) is 0 Å². The molecule has 0 aliphatic heterocycles. The van der Waals surface area contributed by atoms with Crippen molar-refractivity contribution in [2.75, 3.05) is 5.32 Å². The fourth-order valence-electron chi connectivity index (χ4n) is 3.53. The smallest absolute Gasteiger partial charge is 0.307 e. The second kappa shape index (κ2) is 5.40. The highest BCUT2D eigenvalue weighted by molar-refractivity contribution is 5.98. The SMILES string of the molecule is CC(=O)c1ccc(NC(=O)[C@@H]2[C@H](C(=O)O)[C@H]3C=C[C@H]2C3)cc1. The van der Waals surface area contributed by atoms with Crippen molar-refractivity contribution >= 4 is 23.3 Å². The molecule has 5 nitrogen and oxygen atoms in total. The Morgan fingerprint density at radius 1 is 1.05 bits per heavy atom. The number of aliphatic carboxylic acids is 1. The molecule has 0 unspecified atom stereocenters. The number of fused-ring (bicyclic) bond motifs is 2. The Kier molecular flexibility index (Phi) is 3.56. The molecule has 5 heteroatoms. The first-order valence-electron chi connectivity index (χ1n) is 7.30. The van der Waals surface area contributed by atoms with E-state index in [0.29, 0.717) is 11.3 Å². The van der Waals surface area contributed by atoms with Crippen molar-refractivity contribution in [3.05, 3.63) is 42.0 Å². The summed E-state index contributed by atoms with van der Waals surface area (Å²) in [6.45, 7) is 1.48. The monoisotopic (exact) mass is 299 g/mol. The third kappa shape index (κ3) is 2.43. The van der Waals surface area contributed by atoms with Crippen molar-refractivity contribution in [1.82, 2.24) is 0 Å². The maximum atomic E-state index is 12.5. The van der Waals surface area contributed by atoms with Gasteiger partial charge in [-0.1, -0.05) is 12.2 Å². The number of allylic oxidation sites excluding steroid dienone is 2. The second-order valence-corrected chi connectivity index (χ2v) is 5.96. The molecule has 2 N–H and O–H groups in total. The zero-order chi connectivity index (χ0) is 15.9. The van der Waals surface area contributed by atoms with E-state index < -0.39 is 17.8 Å². The van der Waals surface area contributed by atoms with Crippen LogP contribution in [0.25, 0.3) is 0 Å². The van der Waals surface area contributed by atoms with E-state index in [1.54, 1.807) is 24.3 Å². The van der Waals surface area contributed by atoms with Crippen LogP contribution >= 0.6 is 0 Å². The summed E-state index contributed by atoms with van der Waals surface area (Å²) in [6.07, 6.45) is 4.60. The van der Waals surface area contributed by atoms with Gasteiger partial charge in [0.2, 0.25) is 5.91 Å². The number of carbonyl (C=O) groups excluding carboxylic acids is 2. The summed E-state index contributed by atoms with van der Waals surface area (Å²) in [5.41, 5.74) is 1.15. The van der Waals surface area contributed by atoms with Crippen molar-refractivity contribution in [2.45, 2.75) is 13.3 Å². The largest absolute Gasteiger partial charge is 0.481 e. The molecule has 4 atom stereocenters. The number of benzene rings is 1. The zero-order valence-corrected chi connectivity index (χ0v) is 12.2. The summed E-state index contributed by atoms with van der Waals surface area (Å²) in [4.78, 5) is 35.1. The molecular formula is C17H17NO4. The summed E-state index contributed by atoms with van der Waals surface area (Å²) >= 11 is 0. The Morgan fingerprint density at radius 2 is 1.64 bits per heavy atom. The second-order valence-electron chi connectivity index (χ2n) is 5.96. The number of carboxylic acids is 1. The Bertz CT molecular complexity index is 662. The molecule has 1 amide bonds. The normalized spacial score (nSPS) is 28.6. The number of hydrogen-bond donors (Lipinski definition) is 2. The van der Waals surface area contributed by atoms with Gasteiger partial charge in [0.05, 0.1) is 11.8 Å². The molecule has 22 heavy (non-hydrogen) atoms. The lowest BCUT2D eigenvalue weighted by atomic mass is 9.82. The van der Waals surface area contributed by atoms with Gasteiger partial charge in [-0.2, -0.15) is 0 Å². The average Bonchev–Trinajstić information content (AvgIpc) is 3.08. The molecule has 0 heterocycles. The number of amides is 1. The minimum absolute atomic E-state index is 0.00240. The highest BCUT2D eigenvalue weighted by Crippen LogP contribution is 2.48. The Morgan fingerprint density at radius 3 is 2.18 bits per heavy atom. The highest BCUT2D eigenvalue weighted by Gasteiger charge is 2.51. The number of nitrogens with one attached hydrogen (secondary N) is 1. The van der Waals surface area contributed by atoms with Gasteiger partial charge in [0.15, 0.2) is 5.78 Å². The van der Waals surface area contributed by atoms with Crippen LogP contribution in [-0.4, -0.2) is 22.8 Å². The van der Waals surface area contributed by atoms with Gasteiger partial charge < -0.3 is 10.4 Å². The number of Topliss-reactive ketones (excluding diaryl/α,β-unsaturated/α-hetero) is 1. The highest BCUT2D eigenvalue weighted by atomic mass is 16.4. The van der Waals surface area contributed by atoms with Crippen LogP contribution in [0.5, 0.6) is 0 Å². The molecule has 3 rings (SSSR count). The third-order valence-corrected chi connectivity index (χ3v) is 4.61. The number of ketones is 1. The van der Waals surface area contributed by atoms with E-state index in [1.165, 1.54) is 6.92 Å². The average molecular weight is 299 g/mol. The van der Waals surface area contributed by atoms with Gasteiger partial charge in [0.1, 0.15) is 0 Å². The molecule has 0 aromatic heterocycles. The summed E-state index contributed by atoms with van der Waals surface area (Å²) in [5, 5.41) is 12.1. The summed E-state index contributed by atoms with van der Waals surface area (Å²) in [5.74, 6) is -2.43. The van der Waals surface area contributed by atoms with Gasteiger partial charge in [0.25, 0.3) is 0 Å². The standard InChI is InChI=1S/C17H17NO4/c1-9(19)10-4-6-13(7-5-10)18-16(20)14-11-2-3-12(8-11)15(14)17(21)22/h2-7,11-12,14-15H,8H2,1H3,(H,18,20)(H,21,22)/t11-,12-,14-,15+/m0/s1. The van der Waals surface area contributed by atoms with E-state index in [1.807, 2.05) is 12.2 Å². The van der Waals surface area contributed by atoms with Gasteiger partial charge in [-0.25, -0.2) is 0 Å². The minimum atomic E-state index is -0.913. The first-order chi connectivity index (χ1) is 10.5. The summed E-state index contributed by atoms with van der Waals surface area (Å²) < 4.78 is 0. The Hall–Kier alpha value is -2.43. The van der Waals surface area contributed by atoms with Crippen molar-refractivity contribution in [1.29, 1.82) is 0 Å². The molecular weight excluding hydrogens is 282 g/mol. The fourth-order valence-corrected chi connectivity index (χ4v) is 3.53. The van der Waals surface area contributed by atoms with E-state index >= 15 is 0 Å². The molecule has 2 aliphatic carbocycles. The van der Waals surface area contributed by atoms with Crippen LogP contribution in [0, 0.1) is 23.7 Å². The van der Waals surface area contributed by atoms with Crippen molar-refractivity contribution in [3.63, 3.8) is 0 Å². The molecule has 0 saturated heterocycles. The number of anilines is 1. The number of rotatable bonds is 4. The molecule has 0 radical (unpaired) electrons. The zero-order valence-electron chi connectivity index (χ0n) is 12.2. The lowest BCUT2D eigenvalue weighted by Crippen LogP contribution is -2.36. The fraction of sp³-hybridized carbons (Fsp3) is 0.353. The first kappa shape index (κ1) is 14.5. The van der Waals surface area contributed by atoms with E-state index in [4.69, 9.17) is 0 Å². The third-order valence-electron chi connectivity index (χ3n) is 4.61. The molecule has 0 spiro atoms. The topological polar surface area (TPSA) is 83.5 Å². The van der Waals surface area contributed by atoms with Crippen LogP contribution < -0.4 is 5.32 Å². The van der Waals surface area contributed by atoms with E-state index in [9.17, 15) is 19.5 Å². The lowest BCUT2D eigenvalue weighted by molar-refractivity contribution is -0.146. The van der Waals surface area contributed by atoms with Gasteiger partial charge in [-0.3, -0.25) is 14.4 Å². The first-order valence-corrected chi connectivity index (χ1v) is 7.30. The molecule has 1 saturated carbocycles. The van der Waals surface area contributed by atoms with Crippen LogP contribution in [0.2, 0.25) is 0 Å². The van der Waals surface area contributed by atoms with Crippen molar-refractivity contribution < 1.29 is 19.5 Å². The maximum Gasteiger partial charge on any atom is 0.307 e. The Labute approximate surface area is 128 Å². The molecule has 1 aromatic carbocycles. The number of carbonyl (C=O) groups is 3. The van der Waals surface area contributed by atoms with Gasteiger partial charge in [0, 0.05) is 11.3 Å².